The summed E-state index contributed by atoms with van der Waals surface area (Å²) in [5.74, 6) is -0.0186. The van der Waals surface area contributed by atoms with E-state index in [1.54, 1.807) is 18.2 Å². The van der Waals surface area contributed by atoms with Crippen LogP contribution < -0.4 is 0 Å². The Bertz CT molecular complexity index is 582. The molecular formula is C16H13ClO. The third-order valence-corrected chi connectivity index (χ3v) is 3.00. The Morgan fingerprint density at radius 1 is 1.06 bits per heavy atom. The van der Waals surface area contributed by atoms with E-state index in [1.165, 1.54) is 0 Å². The Hall–Kier alpha value is -1.86. The second-order valence-electron chi connectivity index (χ2n) is 4.09. The summed E-state index contributed by atoms with van der Waals surface area (Å²) in [6.07, 6.45) is 3.29. The molecular weight excluding hydrogens is 244 g/mol. The van der Waals surface area contributed by atoms with Crippen LogP contribution in [0.15, 0.2) is 54.6 Å². The van der Waals surface area contributed by atoms with E-state index in [9.17, 15) is 4.79 Å². The zero-order valence-electron chi connectivity index (χ0n) is 10.1. The van der Waals surface area contributed by atoms with Crippen LogP contribution in [0.3, 0.4) is 0 Å². The van der Waals surface area contributed by atoms with Gasteiger partial charge in [0.05, 0.1) is 0 Å². The lowest BCUT2D eigenvalue weighted by Crippen LogP contribution is -1.93. The largest absolute Gasteiger partial charge is 0.289 e. The summed E-state index contributed by atoms with van der Waals surface area (Å²) in [6.45, 7) is 1.99. The molecule has 90 valence electrons. The van der Waals surface area contributed by atoms with Gasteiger partial charge in [0.25, 0.3) is 0 Å². The van der Waals surface area contributed by atoms with E-state index in [4.69, 9.17) is 11.6 Å². The first-order chi connectivity index (χ1) is 8.66. The molecule has 0 aliphatic rings. The molecule has 0 saturated heterocycles. The van der Waals surface area contributed by atoms with Crippen molar-refractivity contribution in [1.29, 1.82) is 0 Å². The van der Waals surface area contributed by atoms with Gasteiger partial charge in [-0.05, 0) is 30.7 Å². The molecule has 0 N–H and O–H groups in total. The van der Waals surface area contributed by atoms with Crippen molar-refractivity contribution in [2.75, 3.05) is 0 Å². The molecule has 2 heteroatoms. The number of allylic oxidation sites excluding steroid dienone is 1. The van der Waals surface area contributed by atoms with Gasteiger partial charge in [-0.1, -0.05) is 59.6 Å². The predicted octanol–water partition coefficient (Wildman–Crippen LogP) is 4.54. The maximum Gasteiger partial charge on any atom is 0.185 e. The molecule has 0 saturated carbocycles. The minimum absolute atomic E-state index is 0.0186. The van der Waals surface area contributed by atoms with Crippen molar-refractivity contribution in [2.24, 2.45) is 0 Å². The van der Waals surface area contributed by atoms with Gasteiger partial charge in [-0.2, -0.15) is 0 Å². The van der Waals surface area contributed by atoms with Gasteiger partial charge >= 0.3 is 0 Å². The lowest BCUT2D eigenvalue weighted by atomic mass is 10.1. The maximum absolute atomic E-state index is 11.9. The van der Waals surface area contributed by atoms with Crippen molar-refractivity contribution in [1.82, 2.24) is 0 Å². The number of halogens is 1. The van der Waals surface area contributed by atoms with Gasteiger partial charge in [-0.3, -0.25) is 4.79 Å². The van der Waals surface area contributed by atoms with E-state index in [0.29, 0.717) is 10.6 Å². The van der Waals surface area contributed by atoms with Crippen LogP contribution in [0.2, 0.25) is 5.02 Å². The van der Waals surface area contributed by atoms with Gasteiger partial charge in [-0.15, -0.1) is 0 Å². The van der Waals surface area contributed by atoms with Crippen molar-refractivity contribution in [2.45, 2.75) is 6.92 Å². The Morgan fingerprint density at radius 3 is 2.39 bits per heavy atom. The van der Waals surface area contributed by atoms with Crippen LogP contribution in [0.1, 0.15) is 21.5 Å². The van der Waals surface area contributed by atoms with E-state index in [0.717, 1.165) is 11.1 Å². The van der Waals surface area contributed by atoms with Crippen LogP contribution in [0.5, 0.6) is 0 Å². The molecule has 0 amide bonds. The number of carbonyl (C=O) groups is 1. The zero-order valence-corrected chi connectivity index (χ0v) is 10.8. The van der Waals surface area contributed by atoms with Gasteiger partial charge in [0.15, 0.2) is 5.78 Å². The Morgan fingerprint density at radius 2 is 1.72 bits per heavy atom. The quantitative estimate of drug-likeness (QED) is 0.582. The molecule has 18 heavy (non-hydrogen) atoms. The highest BCUT2D eigenvalue weighted by Crippen LogP contribution is 2.16. The second-order valence-corrected chi connectivity index (χ2v) is 4.49. The van der Waals surface area contributed by atoms with Gasteiger partial charge < -0.3 is 0 Å². The molecule has 0 atom stereocenters. The zero-order chi connectivity index (χ0) is 13.0. The number of rotatable bonds is 3. The van der Waals surface area contributed by atoms with E-state index in [2.05, 4.69) is 0 Å². The molecule has 2 rings (SSSR count). The van der Waals surface area contributed by atoms with E-state index in [-0.39, 0.29) is 5.78 Å². The van der Waals surface area contributed by atoms with Gasteiger partial charge in [0.1, 0.15) is 0 Å². The number of carbonyl (C=O) groups excluding carboxylic acids is 1. The standard InChI is InChI=1S/C16H13ClO/c1-12-6-8-14(9-7-12)16(18)11-10-13-4-2-3-5-15(13)17/h2-11H,1H3. The van der Waals surface area contributed by atoms with Crippen molar-refractivity contribution in [3.8, 4) is 0 Å². The normalized spacial score (nSPS) is 10.8. The van der Waals surface area contributed by atoms with Crippen LogP contribution in [0.25, 0.3) is 6.08 Å². The first kappa shape index (κ1) is 12.6. The maximum atomic E-state index is 11.9. The van der Waals surface area contributed by atoms with E-state index in [1.807, 2.05) is 49.4 Å². The molecule has 0 bridgehead atoms. The molecule has 0 spiro atoms. The number of ketones is 1. The smallest absolute Gasteiger partial charge is 0.185 e. The summed E-state index contributed by atoms with van der Waals surface area (Å²) in [6, 6.07) is 14.9. The third-order valence-electron chi connectivity index (χ3n) is 2.66. The fraction of sp³-hybridized carbons (Fsp3) is 0.0625. The highest BCUT2D eigenvalue weighted by molar-refractivity contribution is 6.32. The Kier molecular flexibility index (Phi) is 3.96. The summed E-state index contributed by atoms with van der Waals surface area (Å²) in [5.41, 5.74) is 2.67. The summed E-state index contributed by atoms with van der Waals surface area (Å²) >= 11 is 6.01. The van der Waals surface area contributed by atoms with Crippen LogP contribution >= 0.6 is 11.6 Å². The summed E-state index contributed by atoms with van der Waals surface area (Å²) in [5, 5.41) is 0.644. The monoisotopic (exact) mass is 256 g/mol. The summed E-state index contributed by atoms with van der Waals surface area (Å²) in [4.78, 5) is 11.9. The molecule has 2 aromatic rings. The number of hydrogen-bond acceptors (Lipinski definition) is 1. The fourth-order valence-electron chi connectivity index (χ4n) is 1.59. The molecule has 0 aromatic heterocycles. The van der Waals surface area contributed by atoms with Gasteiger partial charge in [-0.25, -0.2) is 0 Å². The highest BCUT2D eigenvalue weighted by atomic mass is 35.5. The molecule has 1 nitrogen and oxygen atoms in total. The van der Waals surface area contributed by atoms with Crippen molar-refractivity contribution < 1.29 is 4.79 Å². The van der Waals surface area contributed by atoms with Gasteiger partial charge in [0.2, 0.25) is 0 Å². The Labute approximate surface area is 112 Å². The molecule has 0 heterocycles. The number of hydrogen-bond donors (Lipinski definition) is 0. The predicted molar refractivity (Wildman–Crippen MR) is 76.0 cm³/mol. The fourth-order valence-corrected chi connectivity index (χ4v) is 1.79. The first-order valence-corrected chi connectivity index (χ1v) is 6.08. The molecule has 0 aliphatic carbocycles. The molecule has 0 unspecified atom stereocenters. The molecule has 2 aromatic carbocycles. The minimum atomic E-state index is -0.0186. The average Bonchev–Trinajstić information content (AvgIpc) is 2.38. The van der Waals surface area contributed by atoms with E-state index < -0.39 is 0 Å². The summed E-state index contributed by atoms with van der Waals surface area (Å²) in [7, 11) is 0. The molecule has 0 radical (unpaired) electrons. The topological polar surface area (TPSA) is 17.1 Å². The van der Waals surface area contributed by atoms with Crippen molar-refractivity contribution in [3.05, 3.63) is 76.3 Å². The Balaban J connectivity index is 2.17. The van der Waals surface area contributed by atoms with Gasteiger partial charge in [0, 0.05) is 10.6 Å². The average molecular weight is 257 g/mol. The van der Waals surface area contributed by atoms with Crippen molar-refractivity contribution in [3.63, 3.8) is 0 Å². The highest BCUT2D eigenvalue weighted by Gasteiger charge is 2.01. The van der Waals surface area contributed by atoms with Crippen LogP contribution in [-0.2, 0) is 0 Å². The summed E-state index contributed by atoms with van der Waals surface area (Å²) < 4.78 is 0. The SMILES string of the molecule is Cc1ccc(C(=O)C=Cc2ccccc2Cl)cc1. The molecule has 0 fully saturated rings. The first-order valence-electron chi connectivity index (χ1n) is 5.70. The lowest BCUT2D eigenvalue weighted by molar-refractivity contribution is 0.104. The van der Waals surface area contributed by atoms with Crippen LogP contribution in [0.4, 0.5) is 0 Å². The van der Waals surface area contributed by atoms with Crippen molar-refractivity contribution >= 4 is 23.5 Å². The van der Waals surface area contributed by atoms with Crippen LogP contribution in [0, 0.1) is 6.92 Å². The van der Waals surface area contributed by atoms with Crippen LogP contribution in [-0.4, -0.2) is 5.78 Å². The second kappa shape index (κ2) is 5.65. The lowest BCUT2D eigenvalue weighted by Gasteiger charge is -1.98. The number of aryl methyl sites for hydroxylation is 1. The number of benzene rings is 2. The third kappa shape index (κ3) is 3.08. The minimum Gasteiger partial charge on any atom is -0.289 e. The molecule has 0 aliphatic heterocycles. The van der Waals surface area contributed by atoms with E-state index >= 15 is 0 Å².